The normalized spacial score (nSPS) is 11.7. The van der Waals surface area contributed by atoms with Gasteiger partial charge in [-0.25, -0.2) is 0 Å². The summed E-state index contributed by atoms with van der Waals surface area (Å²) in [5, 5.41) is 2.17. The standard InChI is InChI=1S/C35H27N2O.C14H16GeN.Ir/c1-35(2,3)24-20-21-30(28(22-24)23-12-5-4-6-13-23)37-31-18-9-8-17-29(31)36-34(37)27-16-11-15-26-25-14-7-10-19-32(25)38-33(26)27;1-15(2,3)13-9-10-14(16-11-13)12-7-5-4-6-8-12;/h4-15,17-22H,1-3H3;4-7,9-11H,1-3H3;/q2*-1;. The average Bonchev–Trinajstić information content (AvgIpc) is 3.77. The van der Waals surface area contributed by atoms with Gasteiger partial charge in [-0.1, -0.05) is 98.5 Å². The van der Waals surface area contributed by atoms with Crippen LogP contribution in [0.4, 0.5) is 0 Å². The van der Waals surface area contributed by atoms with E-state index in [4.69, 9.17) is 9.40 Å². The van der Waals surface area contributed by atoms with Crippen LogP contribution < -0.4 is 4.40 Å². The average molecular weight is 955 g/mol. The van der Waals surface area contributed by atoms with Crippen molar-refractivity contribution < 1.29 is 24.5 Å². The number of hydrogen-bond acceptors (Lipinski definition) is 3. The molecule has 0 N–H and O–H groups in total. The first-order valence-corrected chi connectivity index (χ1v) is 25.8. The van der Waals surface area contributed by atoms with Crippen LogP contribution in [-0.2, 0) is 25.5 Å². The maximum Gasteiger partial charge on any atom is 0 e. The third-order valence-electron chi connectivity index (χ3n) is 9.93. The third kappa shape index (κ3) is 7.75. The summed E-state index contributed by atoms with van der Waals surface area (Å²) < 4.78 is 10.1. The van der Waals surface area contributed by atoms with Crippen molar-refractivity contribution in [3.63, 3.8) is 0 Å². The van der Waals surface area contributed by atoms with E-state index in [2.05, 4.69) is 151 Å². The Morgan fingerprint density at radius 2 is 1.44 bits per heavy atom. The van der Waals surface area contributed by atoms with Gasteiger partial charge in [0.2, 0.25) is 0 Å². The topological polar surface area (TPSA) is 43.9 Å². The van der Waals surface area contributed by atoms with Gasteiger partial charge in [0, 0.05) is 36.7 Å². The second kappa shape index (κ2) is 15.6. The molecule has 0 unspecified atom stereocenters. The van der Waals surface area contributed by atoms with Crippen LogP contribution in [0.1, 0.15) is 26.3 Å². The van der Waals surface area contributed by atoms with Crippen LogP contribution in [0.15, 0.2) is 156 Å². The molecular formula is C49H43GeIrN3O-2. The fourth-order valence-electron chi connectivity index (χ4n) is 6.89. The number of hydrogen-bond donors (Lipinski definition) is 0. The van der Waals surface area contributed by atoms with Crippen LogP contribution in [-0.4, -0.2) is 27.8 Å². The zero-order valence-electron chi connectivity index (χ0n) is 32.0. The minimum Gasteiger partial charge on any atom is 0 e. The minimum atomic E-state index is -1.72. The zero-order valence-corrected chi connectivity index (χ0v) is 36.5. The van der Waals surface area contributed by atoms with Gasteiger partial charge in [-0.15, -0.1) is 18.2 Å². The van der Waals surface area contributed by atoms with E-state index in [-0.39, 0.29) is 25.5 Å². The summed E-state index contributed by atoms with van der Waals surface area (Å²) in [6.07, 6.45) is 2.04. The maximum atomic E-state index is 6.42. The van der Waals surface area contributed by atoms with E-state index in [0.29, 0.717) is 0 Å². The largest absolute Gasteiger partial charge is 0 e. The molecule has 55 heavy (non-hydrogen) atoms. The van der Waals surface area contributed by atoms with E-state index in [1.165, 1.54) is 21.1 Å². The number of rotatable bonds is 5. The van der Waals surface area contributed by atoms with Crippen molar-refractivity contribution in [1.82, 2.24) is 14.5 Å². The number of furan rings is 1. The minimum absolute atomic E-state index is 0. The van der Waals surface area contributed by atoms with Crippen molar-refractivity contribution in [3.8, 4) is 39.5 Å². The summed E-state index contributed by atoms with van der Waals surface area (Å²) in [6.45, 7) is 6.77. The van der Waals surface area contributed by atoms with Gasteiger partial charge in [-0.2, -0.15) is 0 Å². The molecule has 0 aliphatic carbocycles. The fourth-order valence-corrected chi connectivity index (χ4v) is 9.06. The summed E-state index contributed by atoms with van der Waals surface area (Å²) in [7, 11) is 0. The van der Waals surface area contributed by atoms with Crippen molar-refractivity contribution in [2.24, 2.45) is 0 Å². The van der Waals surface area contributed by atoms with E-state index in [9.17, 15) is 0 Å². The first-order chi connectivity index (χ1) is 26.1. The molecule has 4 nitrogen and oxygen atoms in total. The molecule has 0 aliphatic heterocycles. The van der Waals surface area contributed by atoms with Crippen LogP contribution in [0.25, 0.3) is 72.4 Å². The van der Waals surface area contributed by atoms with Crippen molar-refractivity contribution in [1.29, 1.82) is 0 Å². The molecule has 275 valence electrons. The Hall–Kier alpha value is -5.07. The number of para-hydroxylation sites is 3. The van der Waals surface area contributed by atoms with Crippen molar-refractivity contribution in [2.75, 3.05) is 0 Å². The maximum absolute atomic E-state index is 6.42. The van der Waals surface area contributed by atoms with Crippen molar-refractivity contribution in [2.45, 2.75) is 43.5 Å². The van der Waals surface area contributed by atoms with Gasteiger partial charge in [-0.05, 0) is 46.9 Å². The molecule has 1 radical (unpaired) electrons. The van der Waals surface area contributed by atoms with Crippen molar-refractivity contribution in [3.05, 3.63) is 169 Å². The number of benzene rings is 6. The third-order valence-corrected chi connectivity index (χ3v) is 14.2. The van der Waals surface area contributed by atoms with Gasteiger partial charge in [0.1, 0.15) is 5.58 Å². The molecule has 9 aromatic rings. The quantitative estimate of drug-likeness (QED) is 0.128. The molecule has 9 rings (SSSR count). The van der Waals surface area contributed by atoms with Gasteiger partial charge in [-0.3, -0.25) is 4.98 Å². The predicted octanol–water partition coefficient (Wildman–Crippen LogP) is 12.4. The number of fused-ring (bicyclic) bond motifs is 4. The van der Waals surface area contributed by atoms with Crippen LogP contribution in [0, 0.1) is 12.1 Å². The second-order valence-electron chi connectivity index (χ2n) is 15.8. The molecule has 0 fully saturated rings. The second-order valence-corrected chi connectivity index (χ2v) is 26.4. The Balaban J connectivity index is 0.000000231. The number of nitrogens with zero attached hydrogens (tertiary/aromatic N) is 3. The summed E-state index contributed by atoms with van der Waals surface area (Å²) in [5.74, 6) is 7.96. The molecule has 0 amide bonds. The van der Waals surface area contributed by atoms with Crippen LogP contribution in [0.3, 0.4) is 0 Å². The number of aromatic nitrogens is 3. The van der Waals surface area contributed by atoms with Gasteiger partial charge >= 0.3 is 99.8 Å². The van der Waals surface area contributed by atoms with E-state index in [0.717, 1.165) is 61.3 Å². The molecule has 0 saturated carbocycles. The first kappa shape index (κ1) is 38.2. The molecule has 0 spiro atoms. The van der Waals surface area contributed by atoms with Gasteiger partial charge in [0.15, 0.2) is 0 Å². The molecular weight excluding hydrogens is 911 g/mol. The fraction of sp³-hybridized carbons (Fsp3) is 0.143. The number of imidazole rings is 1. The van der Waals surface area contributed by atoms with E-state index in [1.807, 2.05) is 60.8 Å². The SMILES string of the molecule is CC(C)(C)c1ccc(-n2c(-c3[c-]ccc4c3oc3ccccc34)nc3ccccc32)c(-c2ccccc2)c1.[CH3][Ge]([CH3])([CH3])[c]1ccc(-c2[c-]cccc2)nc1.[Ir]. The summed E-state index contributed by atoms with van der Waals surface area (Å²) in [6, 6.07) is 56.9. The van der Waals surface area contributed by atoms with Gasteiger partial charge < -0.3 is 8.98 Å². The Bertz CT molecular complexity index is 2720. The van der Waals surface area contributed by atoms with E-state index < -0.39 is 13.3 Å². The Labute approximate surface area is 340 Å². The van der Waals surface area contributed by atoms with Crippen LogP contribution >= 0.6 is 0 Å². The van der Waals surface area contributed by atoms with Crippen LogP contribution in [0.5, 0.6) is 0 Å². The zero-order chi connectivity index (χ0) is 37.5. The molecule has 3 aromatic heterocycles. The Morgan fingerprint density at radius 1 is 0.691 bits per heavy atom. The summed E-state index contributed by atoms with van der Waals surface area (Å²) in [4.78, 5) is 9.69. The molecule has 3 heterocycles. The molecule has 0 atom stereocenters. The number of pyridine rings is 1. The molecule has 6 aromatic carbocycles. The monoisotopic (exact) mass is 956 g/mol. The Morgan fingerprint density at radius 3 is 2.16 bits per heavy atom. The molecule has 0 saturated heterocycles. The summed E-state index contributed by atoms with van der Waals surface area (Å²) >= 11 is -1.72. The van der Waals surface area contributed by atoms with E-state index >= 15 is 0 Å². The predicted molar refractivity (Wildman–Crippen MR) is 228 cm³/mol. The molecule has 0 aliphatic rings. The van der Waals surface area contributed by atoms with E-state index in [1.54, 1.807) is 0 Å². The Kier molecular flexibility index (Phi) is 10.8. The molecule has 6 heteroatoms. The first-order valence-electron chi connectivity index (χ1n) is 18.5. The smallest absolute Gasteiger partial charge is 0 e. The summed E-state index contributed by atoms with van der Waals surface area (Å²) in [5.41, 5.74) is 11.3. The van der Waals surface area contributed by atoms with Crippen LogP contribution in [0.2, 0.25) is 17.3 Å². The molecule has 0 bridgehead atoms. The van der Waals surface area contributed by atoms with Crippen molar-refractivity contribution >= 4 is 50.6 Å². The van der Waals surface area contributed by atoms with Gasteiger partial charge in [0.05, 0.1) is 22.4 Å². The van der Waals surface area contributed by atoms with Gasteiger partial charge in [0.25, 0.3) is 0 Å².